The van der Waals surface area contributed by atoms with E-state index in [0.29, 0.717) is 11.4 Å². The summed E-state index contributed by atoms with van der Waals surface area (Å²) in [5.74, 6) is 0.616. The zero-order chi connectivity index (χ0) is 16.7. The van der Waals surface area contributed by atoms with Crippen molar-refractivity contribution in [1.82, 2.24) is 19.9 Å². The third kappa shape index (κ3) is 2.59. The van der Waals surface area contributed by atoms with Gasteiger partial charge in [0.25, 0.3) is 5.56 Å². The second-order valence-corrected chi connectivity index (χ2v) is 6.45. The summed E-state index contributed by atoms with van der Waals surface area (Å²) in [5.41, 5.74) is 4.66. The predicted molar refractivity (Wildman–Crippen MR) is 96.6 cm³/mol. The van der Waals surface area contributed by atoms with Gasteiger partial charge in [-0.15, -0.1) is 0 Å². The summed E-state index contributed by atoms with van der Waals surface area (Å²) < 4.78 is 0. The number of imidazole rings is 1. The Balaban J connectivity index is 1.76. The third-order valence-electron chi connectivity index (χ3n) is 4.70. The van der Waals surface area contributed by atoms with Crippen molar-refractivity contribution in [2.45, 2.75) is 6.92 Å². The largest absolute Gasteiger partial charge is 0.369 e. The average Bonchev–Trinajstić information content (AvgIpc) is 3.00. The molecule has 0 unspecified atom stereocenters. The molecular formula is C18H21N5O. The number of aryl methyl sites for hydroxylation is 1. The molecule has 24 heavy (non-hydrogen) atoms. The fraction of sp³-hybridized carbons (Fsp3) is 0.333. The molecule has 0 atom stereocenters. The number of aromatic nitrogens is 3. The number of nitrogens with zero attached hydrogens (tertiary/aromatic N) is 3. The second kappa shape index (κ2) is 5.79. The zero-order valence-electron chi connectivity index (χ0n) is 14.0. The summed E-state index contributed by atoms with van der Waals surface area (Å²) in [7, 11) is 2.16. The number of hydrogen-bond donors (Lipinski definition) is 2. The van der Waals surface area contributed by atoms with E-state index in [4.69, 9.17) is 0 Å². The zero-order valence-corrected chi connectivity index (χ0v) is 14.0. The molecule has 1 fully saturated rings. The third-order valence-corrected chi connectivity index (χ3v) is 4.70. The van der Waals surface area contributed by atoms with Crippen LogP contribution < -0.4 is 10.5 Å². The number of nitrogens with one attached hydrogen (secondary N) is 2. The molecule has 1 aliphatic heterocycles. The van der Waals surface area contributed by atoms with Crippen molar-refractivity contribution in [3.8, 4) is 11.4 Å². The molecule has 4 rings (SSSR count). The van der Waals surface area contributed by atoms with Crippen LogP contribution in [0.25, 0.3) is 22.4 Å². The predicted octanol–water partition coefficient (Wildman–Crippen LogP) is 1.98. The number of piperazine rings is 1. The number of H-pyrrole nitrogens is 2. The van der Waals surface area contributed by atoms with Crippen LogP contribution in [0.4, 0.5) is 5.69 Å². The lowest BCUT2D eigenvalue weighted by Gasteiger charge is -2.34. The van der Waals surface area contributed by atoms with Gasteiger partial charge in [-0.2, -0.15) is 0 Å². The van der Waals surface area contributed by atoms with Gasteiger partial charge in [0.1, 0.15) is 5.82 Å². The van der Waals surface area contributed by atoms with Crippen LogP contribution in [0, 0.1) is 6.92 Å². The van der Waals surface area contributed by atoms with E-state index >= 15 is 0 Å². The molecule has 1 aromatic carbocycles. The molecule has 3 heterocycles. The van der Waals surface area contributed by atoms with E-state index in [-0.39, 0.29) is 5.56 Å². The van der Waals surface area contributed by atoms with E-state index in [0.717, 1.165) is 42.8 Å². The summed E-state index contributed by atoms with van der Waals surface area (Å²) in [4.78, 5) is 27.4. The maximum atomic E-state index is 12.0. The van der Waals surface area contributed by atoms with Crippen LogP contribution in [0.2, 0.25) is 0 Å². The highest BCUT2D eigenvalue weighted by Crippen LogP contribution is 2.27. The van der Waals surface area contributed by atoms with Crippen LogP contribution >= 0.6 is 0 Å². The average molecular weight is 323 g/mol. The van der Waals surface area contributed by atoms with Crippen molar-refractivity contribution in [3.05, 3.63) is 46.4 Å². The van der Waals surface area contributed by atoms with Crippen molar-refractivity contribution >= 4 is 16.7 Å². The Morgan fingerprint density at radius 1 is 1.17 bits per heavy atom. The van der Waals surface area contributed by atoms with E-state index in [1.807, 2.05) is 6.07 Å². The van der Waals surface area contributed by atoms with Crippen LogP contribution in [0.15, 0.2) is 35.3 Å². The van der Waals surface area contributed by atoms with Gasteiger partial charge >= 0.3 is 0 Å². The molecule has 6 heteroatoms. The smallest absolute Gasteiger partial charge is 0.258 e. The van der Waals surface area contributed by atoms with E-state index < -0.39 is 0 Å². The highest BCUT2D eigenvalue weighted by Gasteiger charge is 2.17. The Labute approximate surface area is 140 Å². The molecule has 0 aliphatic carbocycles. The molecule has 0 radical (unpaired) electrons. The van der Waals surface area contributed by atoms with E-state index in [9.17, 15) is 4.79 Å². The molecule has 6 nitrogen and oxygen atoms in total. The normalized spacial score (nSPS) is 16.0. The maximum absolute atomic E-state index is 12.0. The first-order chi connectivity index (χ1) is 11.6. The fourth-order valence-corrected chi connectivity index (χ4v) is 3.25. The number of pyridine rings is 1. The van der Waals surface area contributed by atoms with Gasteiger partial charge in [-0.1, -0.05) is 0 Å². The number of rotatable bonds is 2. The van der Waals surface area contributed by atoms with Gasteiger partial charge in [-0.25, -0.2) is 4.98 Å². The van der Waals surface area contributed by atoms with Crippen LogP contribution in [0.1, 0.15) is 5.56 Å². The molecule has 0 amide bonds. The number of anilines is 1. The summed E-state index contributed by atoms with van der Waals surface area (Å²) in [6.45, 7) is 6.28. The van der Waals surface area contributed by atoms with Gasteiger partial charge in [0.05, 0.1) is 16.6 Å². The summed E-state index contributed by atoms with van der Waals surface area (Å²) in [6.07, 6.45) is 1.63. The minimum Gasteiger partial charge on any atom is -0.369 e. The Hall–Kier alpha value is -2.60. The minimum atomic E-state index is -0.131. The topological polar surface area (TPSA) is 68.0 Å². The Bertz CT molecular complexity index is 934. The quantitative estimate of drug-likeness (QED) is 0.757. The van der Waals surface area contributed by atoms with E-state index in [1.54, 1.807) is 12.3 Å². The summed E-state index contributed by atoms with van der Waals surface area (Å²) in [5, 5.41) is 0. The molecule has 124 valence electrons. The highest BCUT2D eigenvalue weighted by molar-refractivity contribution is 5.85. The van der Waals surface area contributed by atoms with Gasteiger partial charge in [-0.3, -0.25) is 4.79 Å². The Kier molecular flexibility index (Phi) is 3.61. The van der Waals surface area contributed by atoms with Crippen molar-refractivity contribution in [2.24, 2.45) is 0 Å². The second-order valence-electron chi connectivity index (χ2n) is 6.45. The van der Waals surface area contributed by atoms with E-state index in [2.05, 4.69) is 50.9 Å². The number of likely N-dealkylation sites (N-methyl/N-ethyl adjacent to an activating group) is 1. The first-order valence-corrected chi connectivity index (χ1v) is 8.24. The van der Waals surface area contributed by atoms with Gasteiger partial charge < -0.3 is 19.8 Å². The first-order valence-electron chi connectivity index (χ1n) is 8.24. The van der Waals surface area contributed by atoms with Crippen molar-refractivity contribution in [3.63, 3.8) is 0 Å². The van der Waals surface area contributed by atoms with Crippen LogP contribution in [-0.4, -0.2) is 53.1 Å². The summed E-state index contributed by atoms with van der Waals surface area (Å²) >= 11 is 0. The van der Waals surface area contributed by atoms with Crippen LogP contribution in [0.3, 0.4) is 0 Å². The van der Waals surface area contributed by atoms with E-state index in [1.165, 1.54) is 5.69 Å². The Morgan fingerprint density at radius 3 is 2.71 bits per heavy atom. The number of aromatic amines is 2. The number of hydrogen-bond acceptors (Lipinski definition) is 4. The van der Waals surface area contributed by atoms with Crippen LogP contribution in [0.5, 0.6) is 0 Å². The van der Waals surface area contributed by atoms with Crippen molar-refractivity contribution in [2.75, 3.05) is 38.1 Å². The monoisotopic (exact) mass is 323 g/mol. The van der Waals surface area contributed by atoms with Gasteiger partial charge in [0, 0.05) is 38.1 Å². The molecule has 0 saturated carbocycles. The Morgan fingerprint density at radius 2 is 1.96 bits per heavy atom. The molecule has 3 aromatic rings. The van der Waals surface area contributed by atoms with Gasteiger partial charge in [0.15, 0.2) is 0 Å². The lowest BCUT2D eigenvalue weighted by molar-refractivity contribution is 0.313. The molecule has 0 spiro atoms. The standard InChI is InChI=1S/C18H21N5O/c1-12-10-13(23-8-6-22(2)7-9-23)11-15-16(12)21-17(20-15)14-4-3-5-19-18(14)24/h3-5,10-11H,6-9H2,1-2H3,(H,19,24)(H,20,21). The van der Waals surface area contributed by atoms with Crippen molar-refractivity contribution in [1.29, 1.82) is 0 Å². The molecule has 1 aliphatic rings. The molecule has 2 aromatic heterocycles. The van der Waals surface area contributed by atoms with Gasteiger partial charge in [-0.05, 0) is 43.8 Å². The number of fused-ring (bicyclic) bond motifs is 1. The number of benzene rings is 1. The maximum Gasteiger partial charge on any atom is 0.258 e. The lowest BCUT2D eigenvalue weighted by atomic mass is 10.1. The summed E-state index contributed by atoms with van der Waals surface area (Å²) in [6, 6.07) is 7.93. The molecule has 1 saturated heterocycles. The fourth-order valence-electron chi connectivity index (χ4n) is 3.25. The van der Waals surface area contributed by atoms with Crippen molar-refractivity contribution < 1.29 is 0 Å². The molecular weight excluding hydrogens is 302 g/mol. The van der Waals surface area contributed by atoms with Gasteiger partial charge in [0.2, 0.25) is 0 Å². The SMILES string of the molecule is Cc1cc(N2CCN(C)CC2)cc2[nH]c(-c3ccc[nH]c3=O)nc12. The molecule has 2 N–H and O–H groups in total. The van der Waals surface area contributed by atoms with Crippen LogP contribution in [-0.2, 0) is 0 Å². The molecule has 0 bridgehead atoms. The highest BCUT2D eigenvalue weighted by atomic mass is 16.1. The minimum absolute atomic E-state index is 0.131. The first kappa shape index (κ1) is 15.0. The lowest BCUT2D eigenvalue weighted by Crippen LogP contribution is -2.44.